The Hall–Kier alpha value is -3.87. The number of hydrogen-bond acceptors (Lipinski definition) is 4. The highest BCUT2D eigenvalue weighted by molar-refractivity contribution is 5.95. The SMILES string of the molecule is O=C(CNc1ccc(C(=O)NCc2ccccc2F)cc1)Nc1ccc(N2CCCCC2)cc1. The highest BCUT2D eigenvalue weighted by Crippen LogP contribution is 2.21. The van der Waals surface area contributed by atoms with Crippen molar-refractivity contribution in [3.63, 3.8) is 0 Å². The minimum absolute atomic E-state index is 0.104. The summed E-state index contributed by atoms with van der Waals surface area (Å²) in [6.07, 6.45) is 3.75. The quantitative estimate of drug-likeness (QED) is 0.452. The first kappa shape index (κ1) is 23.3. The molecule has 2 amide bonds. The normalized spacial score (nSPS) is 13.3. The number of nitrogens with one attached hydrogen (secondary N) is 3. The van der Waals surface area contributed by atoms with Crippen LogP contribution in [-0.4, -0.2) is 31.4 Å². The standard InChI is InChI=1S/C27H29FN4O2/c28-25-7-3-2-6-21(25)18-30-27(34)20-8-10-22(11-9-20)29-19-26(33)31-23-12-14-24(15-13-23)32-16-4-1-5-17-32/h2-3,6-15,29H,1,4-5,16-19H2,(H,30,34)(H,31,33). The number of nitrogens with zero attached hydrogens (tertiary/aromatic N) is 1. The average molecular weight is 461 g/mol. The van der Waals surface area contributed by atoms with Crippen molar-refractivity contribution >= 4 is 28.9 Å². The molecule has 3 N–H and O–H groups in total. The number of carbonyl (C=O) groups is 2. The van der Waals surface area contributed by atoms with E-state index in [0.717, 1.165) is 24.5 Å². The summed E-state index contributed by atoms with van der Waals surface area (Å²) in [6.45, 7) is 2.39. The third kappa shape index (κ3) is 6.34. The zero-order valence-electron chi connectivity index (χ0n) is 19.0. The second-order valence-electron chi connectivity index (χ2n) is 8.35. The molecule has 6 nitrogen and oxygen atoms in total. The highest BCUT2D eigenvalue weighted by Gasteiger charge is 2.11. The molecular weight excluding hydrogens is 431 g/mol. The fraction of sp³-hybridized carbons (Fsp3) is 0.259. The molecule has 1 fully saturated rings. The number of piperidine rings is 1. The smallest absolute Gasteiger partial charge is 0.251 e. The molecule has 1 aliphatic rings. The number of amides is 2. The summed E-state index contributed by atoms with van der Waals surface area (Å²) in [4.78, 5) is 27.0. The van der Waals surface area contributed by atoms with Gasteiger partial charge in [0.15, 0.2) is 0 Å². The highest BCUT2D eigenvalue weighted by atomic mass is 19.1. The molecule has 0 spiro atoms. The maximum Gasteiger partial charge on any atom is 0.251 e. The van der Waals surface area contributed by atoms with Crippen molar-refractivity contribution in [2.75, 3.05) is 35.2 Å². The largest absolute Gasteiger partial charge is 0.376 e. The lowest BCUT2D eigenvalue weighted by Crippen LogP contribution is -2.29. The first-order valence-electron chi connectivity index (χ1n) is 11.6. The minimum Gasteiger partial charge on any atom is -0.376 e. The Kier molecular flexibility index (Phi) is 7.75. The van der Waals surface area contributed by atoms with Crippen LogP contribution in [-0.2, 0) is 11.3 Å². The minimum atomic E-state index is -0.349. The number of hydrogen-bond donors (Lipinski definition) is 3. The molecule has 0 unspecified atom stereocenters. The van der Waals surface area contributed by atoms with Crippen molar-refractivity contribution in [2.45, 2.75) is 25.8 Å². The molecule has 0 radical (unpaired) electrons. The van der Waals surface area contributed by atoms with E-state index in [1.54, 1.807) is 42.5 Å². The second-order valence-corrected chi connectivity index (χ2v) is 8.35. The van der Waals surface area contributed by atoms with Gasteiger partial charge in [-0.25, -0.2) is 4.39 Å². The molecule has 0 aliphatic carbocycles. The topological polar surface area (TPSA) is 73.5 Å². The van der Waals surface area contributed by atoms with Crippen LogP contribution < -0.4 is 20.9 Å². The lowest BCUT2D eigenvalue weighted by molar-refractivity contribution is -0.114. The van der Waals surface area contributed by atoms with E-state index in [0.29, 0.717) is 11.1 Å². The first-order valence-corrected chi connectivity index (χ1v) is 11.6. The predicted molar refractivity (Wildman–Crippen MR) is 134 cm³/mol. The van der Waals surface area contributed by atoms with Crippen LogP contribution in [0.4, 0.5) is 21.5 Å². The summed E-state index contributed by atoms with van der Waals surface area (Å²) in [5.41, 5.74) is 3.56. The van der Waals surface area contributed by atoms with Crippen LogP contribution in [0.15, 0.2) is 72.8 Å². The van der Waals surface area contributed by atoms with Crippen molar-refractivity contribution in [3.05, 3.63) is 89.7 Å². The molecule has 1 heterocycles. The van der Waals surface area contributed by atoms with E-state index in [2.05, 4.69) is 20.9 Å². The van der Waals surface area contributed by atoms with Gasteiger partial charge in [-0.05, 0) is 73.9 Å². The molecule has 4 rings (SSSR count). The summed E-state index contributed by atoms with van der Waals surface area (Å²) < 4.78 is 13.7. The average Bonchev–Trinajstić information content (AvgIpc) is 2.88. The van der Waals surface area contributed by atoms with Gasteiger partial charge in [-0.15, -0.1) is 0 Å². The van der Waals surface area contributed by atoms with Gasteiger partial charge in [0.1, 0.15) is 5.82 Å². The molecule has 0 bridgehead atoms. The molecule has 1 aliphatic heterocycles. The Bertz CT molecular complexity index is 1110. The van der Waals surface area contributed by atoms with E-state index in [1.807, 2.05) is 24.3 Å². The number of benzene rings is 3. The Labute approximate surface area is 199 Å². The second kappa shape index (κ2) is 11.3. The van der Waals surface area contributed by atoms with Gasteiger partial charge in [0.2, 0.25) is 5.91 Å². The van der Waals surface area contributed by atoms with Crippen LogP contribution in [0.1, 0.15) is 35.2 Å². The maximum absolute atomic E-state index is 13.7. The van der Waals surface area contributed by atoms with Crippen LogP contribution in [0.5, 0.6) is 0 Å². The zero-order valence-corrected chi connectivity index (χ0v) is 19.0. The molecule has 0 atom stereocenters. The molecule has 34 heavy (non-hydrogen) atoms. The zero-order chi connectivity index (χ0) is 23.8. The van der Waals surface area contributed by atoms with Gasteiger partial charge in [0, 0.05) is 47.8 Å². The third-order valence-corrected chi connectivity index (χ3v) is 5.87. The van der Waals surface area contributed by atoms with E-state index in [4.69, 9.17) is 0 Å². The predicted octanol–water partition coefficient (Wildman–Crippen LogP) is 4.80. The monoisotopic (exact) mass is 460 g/mol. The van der Waals surface area contributed by atoms with Crippen molar-refractivity contribution in [1.29, 1.82) is 0 Å². The lowest BCUT2D eigenvalue weighted by atomic mass is 10.1. The summed E-state index contributed by atoms with van der Waals surface area (Å²) >= 11 is 0. The number of carbonyl (C=O) groups excluding carboxylic acids is 2. The van der Waals surface area contributed by atoms with E-state index in [-0.39, 0.29) is 30.7 Å². The van der Waals surface area contributed by atoms with E-state index < -0.39 is 0 Å². The molecular formula is C27H29FN4O2. The van der Waals surface area contributed by atoms with Gasteiger partial charge in [0.05, 0.1) is 6.54 Å². The molecule has 176 valence electrons. The van der Waals surface area contributed by atoms with Crippen molar-refractivity contribution in [3.8, 4) is 0 Å². The molecule has 7 heteroatoms. The van der Waals surface area contributed by atoms with E-state index in [9.17, 15) is 14.0 Å². The number of rotatable bonds is 8. The van der Waals surface area contributed by atoms with Crippen molar-refractivity contribution in [1.82, 2.24) is 5.32 Å². The third-order valence-electron chi connectivity index (χ3n) is 5.87. The molecule has 3 aromatic carbocycles. The Balaban J connectivity index is 1.22. The number of anilines is 3. The Morgan fingerprint density at radius 3 is 2.21 bits per heavy atom. The molecule has 0 aromatic heterocycles. The van der Waals surface area contributed by atoms with Gasteiger partial charge < -0.3 is 20.9 Å². The van der Waals surface area contributed by atoms with Crippen LogP contribution in [0.3, 0.4) is 0 Å². The van der Waals surface area contributed by atoms with Gasteiger partial charge in [-0.1, -0.05) is 18.2 Å². The van der Waals surface area contributed by atoms with Crippen LogP contribution >= 0.6 is 0 Å². The summed E-state index contributed by atoms with van der Waals surface area (Å²) in [5.74, 6) is -0.795. The van der Waals surface area contributed by atoms with Crippen molar-refractivity contribution < 1.29 is 14.0 Å². The molecule has 1 saturated heterocycles. The van der Waals surface area contributed by atoms with Gasteiger partial charge in [-0.2, -0.15) is 0 Å². The van der Waals surface area contributed by atoms with Gasteiger partial charge in [0.25, 0.3) is 5.91 Å². The van der Waals surface area contributed by atoms with Crippen LogP contribution in [0.2, 0.25) is 0 Å². The van der Waals surface area contributed by atoms with E-state index >= 15 is 0 Å². The summed E-state index contributed by atoms with van der Waals surface area (Å²) in [6, 6.07) is 21.1. The van der Waals surface area contributed by atoms with Gasteiger partial charge >= 0.3 is 0 Å². The molecule has 3 aromatic rings. The van der Waals surface area contributed by atoms with Crippen LogP contribution in [0, 0.1) is 5.82 Å². The van der Waals surface area contributed by atoms with E-state index in [1.165, 1.54) is 31.0 Å². The van der Waals surface area contributed by atoms with Gasteiger partial charge in [-0.3, -0.25) is 9.59 Å². The fourth-order valence-corrected chi connectivity index (χ4v) is 3.95. The Morgan fingerprint density at radius 2 is 1.50 bits per heavy atom. The fourth-order valence-electron chi connectivity index (χ4n) is 3.95. The van der Waals surface area contributed by atoms with Crippen molar-refractivity contribution in [2.24, 2.45) is 0 Å². The number of halogens is 1. The lowest BCUT2D eigenvalue weighted by Gasteiger charge is -2.28. The summed E-state index contributed by atoms with van der Waals surface area (Å²) in [5, 5.41) is 8.66. The molecule has 0 saturated carbocycles. The van der Waals surface area contributed by atoms with Crippen LogP contribution in [0.25, 0.3) is 0 Å². The Morgan fingerprint density at radius 1 is 0.824 bits per heavy atom. The summed E-state index contributed by atoms with van der Waals surface area (Å²) in [7, 11) is 0. The first-order chi connectivity index (χ1) is 16.6. The maximum atomic E-state index is 13.7.